The van der Waals surface area contributed by atoms with Gasteiger partial charge in [0, 0.05) is 10.9 Å². The highest BCUT2D eigenvalue weighted by molar-refractivity contribution is 6.07. The number of para-hydroxylation sites is 1. The molecule has 1 aliphatic carbocycles. The molecule has 5 aromatic rings. The standard InChI is InChI=1S/C30H25NO4/c1-17-12-13-26(34-21-14-20(15-21)19-8-4-3-5-9-19)27-23(30(32)33)16-24(31-28(17)27)29-18(2)22-10-6-7-11-25(22)35-29/h3-13,16,20-21H,14-15H2,1-2H3,(H,32,33)/t20-,21-. The van der Waals surface area contributed by atoms with Crippen LogP contribution in [0.15, 0.2) is 77.2 Å². The molecule has 0 atom stereocenters. The minimum Gasteiger partial charge on any atom is -0.490 e. The van der Waals surface area contributed by atoms with Crippen LogP contribution in [0.3, 0.4) is 0 Å². The van der Waals surface area contributed by atoms with Crippen molar-refractivity contribution in [1.82, 2.24) is 4.98 Å². The van der Waals surface area contributed by atoms with Crippen LogP contribution in [0.5, 0.6) is 5.75 Å². The Balaban J connectivity index is 1.41. The van der Waals surface area contributed by atoms with Crippen LogP contribution in [0, 0.1) is 13.8 Å². The van der Waals surface area contributed by atoms with Gasteiger partial charge >= 0.3 is 5.97 Å². The van der Waals surface area contributed by atoms with Crippen molar-refractivity contribution in [3.05, 3.63) is 95.1 Å². The van der Waals surface area contributed by atoms with Crippen molar-refractivity contribution < 1.29 is 19.1 Å². The van der Waals surface area contributed by atoms with Crippen molar-refractivity contribution in [3.63, 3.8) is 0 Å². The molecule has 0 unspecified atom stereocenters. The summed E-state index contributed by atoms with van der Waals surface area (Å²) in [4.78, 5) is 17.3. The van der Waals surface area contributed by atoms with Crippen molar-refractivity contribution >= 4 is 27.8 Å². The number of hydrogen-bond donors (Lipinski definition) is 1. The first-order valence-corrected chi connectivity index (χ1v) is 11.9. The number of ether oxygens (including phenoxy) is 1. The zero-order valence-electron chi connectivity index (χ0n) is 19.6. The number of furan rings is 1. The van der Waals surface area contributed by atoms with E-state index in [0.29, 0.717) is 34.0 Å². The fourth-order valence-electron chi connectivity index (χ4n) is 5.08. The Hall–Kier alpha value is -4.12. The molecule has 0 saturated heterocycles. The van der Waals surface area contributed by atoms with Crippen molar-refractivity contribution in [2.24, 2.45) is 0 Å². The molecule has 35 heavy (non-hydrogen) atoms. The number of nitrogens with zero attached hydrogens (tertiary/aromatic N) is 1. The molecule has 5 heteroatoms. The molecule has 3 aromatic carbocycles. The molecule has 174 valence electrons. The Morgan fingerprint density at radius 3 is 2.49 bits per heavy atom. The fourth-order valence-corrected chi connectivity index (χ4v) is 5.08. The van der Waals surface area contributed by atoms with E-state index in [2.05, 4.69) is 24.3 Å². The summed E-state index contributed by atoms with van der Waals surface area (Å²) in [6, 6.07) is 23.6. The number of benzene rings is 3. The van der Waals surface area contributed by atoms with E-state index in [4.69, 9.17) is 14.1 Å². The van der Waals surface area contributed by atoms with Crippen LogP contribution >= 0.6 is 0 Å². The zero-order chi connectivity index (χ0) is 24.1. The van der Waals surface area contributed by atoms with Crippen LogP contribution in [0.25, 0.3) is 33.3 Å². The average molecular weight is 464 g/mol. The summed E-state index contributed by atoms with van der Waals surface area (Å²) < 4.78 is 12.4. The van der Waals surface area contributed by atoms with E-state index in [-0.39, 0.29) is 11.7 Å². The van der Waals surface area contributed by atoms with Gasteiger partial charge in [0.05, 0.1) is 22.6 Å². The third-order valence-electron chi connectivity index (χ3n) is 7.09. The highest BCUT2D eigenvalue weighted by atomic mass is 16.5. The van der Waals surface area contributed by atoms with Crippen molar-refractivity contribution in [3.8, 4) is 17.2 Å². The molecular formula is C30H25NO4. The predicted octanol–water partition coefficient (Wildman–Crippen LogP) is 7.29. The molecule has 6 rings (SSSR count). The van der Waals surface area contributed by atoms with E-state index in [1.165, 1.54) is 5.56 Å². The normalized spacial score (nSPS) is 17.4. The van der Waals surface area contributed by atoms with E-state index < -0.39 is 5.97 Å². The molecular weight excluding hydrogens is 438 g/mol. The van der Waals surface area contributed by atoms with Crippen LogP contribution in [-0.4, -0.2) is 22.2 Å². The molecule has 1 saturated carbocycles. The zero-order valence-corrected chi connectivity index (χ0v) is 19.6. The Labute approximate surface area is 203 Å². The maximum atomic E-state index is 12.4. The number of hydrogen-bond acceptors (Lipinski definition) is 4. The third-order valence-corrected chi connectivity index (χ3v) is 7.09. The molecule has 2 heterocycles. The van der Waals surface area contributed by atoms with E-state index in [0.717, 1.165) is 34.9 Å². The summed E-state index contributed by atoms with van der Waals surface area (Å²) in [6.45, 7) is 3.91. The van der Waals surface area contributed by atoms with Gasteiger partial charge in [-0.3, -0.25) is 0 Å². The summed E-state index contributed by atoms with van der Waals surface area (Å²) >= 11 is 0. The molecule has 1 N–H and O–H groups in total. The average Bonchev–Trinajstić information content (AvgIpc) is 3.19. The fraction of sp³-hybridized carbons (Fsp3) is 0.200. The van der Waals surface area contributed by atoms with Gasteiger partial charge in [0.25, 0.3) is 0 Å². The van der Waals surface area contributed by atoms with Crippen LogP contribution in [0.1, 0.15) is 45.8 Å². The van der Waals surface area contributed by atoms with E-state index >= 15 is 0 Å². The van der Waals surface area contributed by atoms with Gasteiger partial charge in [0.1, 0.15) is 17.0 Å². The Kier molecular flexibility index (Phi) is 5.06. The molecule has 1 aliphatic rings. The highest BCUT2D eigenvalue weighted by Gasteiger charge is 2.33. The maximum Gasteiger partial charge on any atom is 0.336 e. The number of fused-ring (bicyclic) bond motifs is 2. The molecule has 2 aromatic heterocycles. The van der Waals surface area contributed by atoms with Gasteiger partial charge in [-0.05, 0) is 61.9 Å². The van der Waals surface area contributed by atoms with Gasteiger partial charge in [-0.15, -0.1) is 0 Å². The second kappa shape index (κ2) is 8.27. The van der Waals surface area contributed by atoms with E-state index in [1.54, 1.807) is 6.07 Å². The van der Waals surface area contributed by atoms with Gasteiger partial charge in [-0.1, -0.05) is 54.6 Å². The van der Waals surface area contributed by atoms with E-state index in [9.17, 15) is 9.90 Å². The van der Waals surface area contributed by atoms with Crippen molar-refractivity contribution in [2.75, 3.05) is 0 Å². The first-order valence-electron chi connectivity index (χ1n) is 11.9. The summed E-state index contributed by atoms with van der Waals surface area (Å²) in [7, 11) is 0. The largest absolute Gasteiger partial charge is 0.490 e. The molecule has 0 spiro atoms. The first kappa shape index (κ1) is 21.4. The predicted molar refractivity (Wildman–Crippen MR) is 136 cm³/mol. The van der Waals surface area contributed by atoms with Crippen molar-refractivity contribution in [1.29, 1.82) is 0 Å². The minimum atomic E-state index is -1.02. The highest BCUT2D eigenvalue weighted by Crippen LogP contribution is 2.42. The van der Waals surface area contributed by atoms with Crippen LogP contribution in [-0.2, 0) is 0 Å². The van der Waals surface area contributed by atoms with E-state index in [1.807, 2.05) is 56.3 Å². The number of pyridine rings is 1. The topological polar surface area (TPSA) is 72.6 Å². The molecule has 5 nitrogen and oxygen atoms in total. The number of aromatic nitrogens is 1. The summed E-state index contributed by atoms with van der Waals surface area (Å²) in [6.07, 6.45) is 1.86. The molecule has 1 fully saturated rings. The number of carboxylic acids is 1. The second-order valence-electron chi connectivity index (χ2n) is 9.34. The number of aryl methyl sites for hydroxylation is 2. The number of aromatic carboxylic acids is 1. The smallest absolute Gasteiger partial charge is 0.336 e. The maximum absolute atomic E-state index is 12.4. The Bertz CT molecular complexity index is 1580. The summed E-state index contributed by atoms with van der Waals surface area (Å²) in [5, 5.41) is 11.7. The first-order chi connectivity index (χ1) is 17.0. The SMILES string of the molecule is Cc1c(-c2cc(C(=O)O)c3c(O[C@H]4C[C@H](c5ccccc5)C4)ccc(C)c3n2)oc2ccccc12. The number of rotatable bonds is 5. The number of carbonyl (C=O) groups is 1. The lowest BCUT2D eigenvalue weighted by Crippen LogP contribution is -2.32. The van der Waals surface area contributed by atoms with Gasteiger partial charge in [0.2, 0.25) is 0 Å². The monoisotopic (exact) mass is 463 g/mol. The lowest BCUT2D eigenvalue weighted by molar-refractivity contribution is 0.0697. The van der Waals surface area contributed by atoms with Gasteiger partial charge in [0.15, 0.2) is 5.76 Å². The second-order valence-corrected chi connectivity index (χ2v) is 9.34. The van der Waals surface area contributed by atoms with Gasteiger partial charge in [-0.2, -0.15) is 0 Å². The lowest BCUT2D eigenvalue weighted by atomic mass is 9.77. The van der Waals surface area contributed by atoms with Gasteiger partial charge in [-0.25, -0.2) is 9.78 Å². The summed E-state index contributed by atoms with van der Waals surface area (Å²) in [5.74, 6) is 0.613. The van der Waals surface area contributed by atoms with Crippen LogP contribution in [0.2, 0.25) is 0 Å². The molecule has 0 amide bonds. The van der Waals surface area contributed by atoms with Gasteiger partial charge < -0.3 is 14.3 Å². The van der Waals surface area contributed by atoms with Crippen LogP contribution < -0.4 is 4.74 Å². The molecule has 0 bridgehead atoms. The lowest BCUT2D eigenvalue weighted by Gasteiger charge is -2.36. The summed E-state index contributed by atoms with van der Waals surface area (Å²) in [5.41, 5.74) is 5.21. The van der Waals surface area contributed by atoms with Crippen LogP contribution in [0.4, 0.5) is 0 Å². The Morgan fingerprint density at radius 1 is 1.00 bits per heavy atom. The minimum absolute atomic E-state index is 0.0463. The Morgan fingerprint density at radius 2 is 1.74 bits per heavy atom. The molecule has 0 aliphatic heterocycles. The van der Waals surface area contributed by atoms with Crippen molar-refractivity contribution in [2.45, 2.75) is 38.7 Å². The quantitative estimate of drug-likeness (QED) is 0.296. The third kappa shape index (κ3) is 3.64. The number of carboxylic acid groups (broad SMARTS) is 1. The molecule has 0 radical (unpaired) electrons.